The second-order valence-corrected chi connectivity index (χ2v) is 4.51. The molecule has 2 aromatic rings. The van der Waals surface area contributed by atoms with Crippen LogP contribution in [0.2, 0.25) is 0 Å². The van der Waals surface area contributed by atoms with Gasteiger partial charge < -0.3 is 10.2 Å². The smallest absolute Gasteiger partial charge is 0.0461 e. The first kappa shape index (κ1) is 10.9. The maximum Gasteiger partial charge on any atom is 0.0461 e. The Kier molecular flexibility index (Phi) is 2.77. The fourth-order valence-corrected chi connectivity index (χ4v) is 2.27. The number of fused-ring (bicyclic) bond motifs is 1. The Morgan fingerprint density at radius 1 is 0.944 bits per heavy atom. The fraction of sp³-hybridized carbons (Fsp3) is 0.125. The van der Waals surface area contributed by atoms with E-state index in [9.17, 15) is 0 Å². The first-order valence-corrected chi connectivity index (χ1v) is 6.17. The lowest BCUT2D eigenvalue weighted by atomic mass is 10.0. The fourth-order valence-electron chi connectivity index (χ4n) is 2.27. The van der Waals surface area contributed by atoms with Crippen LogP contribution in [0.25, 0.3) is 5.70 Å². The zero-order valence-electron chi connectivity index (χ0n) is 10.4. The van der Waals surface area contributed by atoms with Crippen molar-refractivity contribution < 1.29 is 0 Å². The van der Waals surface area contributed by atoms with Crippen LogP contribution in [0, 0.1) is 0 Å². The van der Waals surface area contributed by atoms with Crippen LogP contribution in [-0.4, -0.2) is 13.6 Å². The monoisotopic (exact) mass is 236 g/mol. The molecular formula is C16H16N2. The molecule has 0 atom stereocenters. The lowest BCUT2D eigenvalue weighted by molar-refractivity contribution is 1.01. The minimum absolute atomic E-state index is 0.937. The summed E-state index contributed by atoms with van der Waals surface area (Å²) in [6.45, 7) is 0.937. The predicted octanol–water partition coefficient (Wildman–Crippen LogP) is 3.59. The highest BCUT2D eigenvalue weighted by Gasteiger charge is 2.15. The normalized spacial score (nSPS) is 13.8. The third kappa shape index (κ3) is 1.97. The maximum atomic E-state index is 3.49. The summed E-state index contributed by atoms with van der Waals surface area (Å²) in [5.74, 6) is 0. The minimum atomic E-state index is 0.937. The Morgan fingerprint density at radius 3 is 2.50 bits per heavy atom. The van der Waals surface area contributed by atoms with Crippen LogP contribution in [-0.2, 0) is 0 Å². The molecule has 0 aromatic heterocycles. The summed E-state index contributed by atoms with van der Waals surface area (Å²) < 4.78 is 0. The topological polar surface area (TPSA) is 15.3 Å². The van der Waals surface area contributed by atoms with Crippen LogP contribution in [0.5, 0.6) is 0 Å². The second kappa shape index (κ2) is 4.57. The zero-order valence-corrected chi connectivity index (χ0v) is 10.4. The molecule has 0 saturated carbocycles. The van der Waals surface area contributed by atoms with Crippen LogP contribution in [0.4, 0.5) is 11.4 Å². The lowest BCUT2D eigenvalue weighted by Crippen LogP contribution is -2.23. The quantitative estimate of drug-likeness (QED) is 0.857. The van der Waals surface area contributed by atoms with Gasteiger partial charge in [0.05, 0.1) is 0 Å². The van der Waals surface area contributed by atoms with E-state index in [1.807, 2.05) is 18.2 Å². The molecule has 0 spiro atoms. The SMILES string of the molecule is CN1CC=C(Nc2ccccc2)c2ccccc21. The molecule has 18 heavy (non-hydrogen) atoms. The first-order chi connectivity index (χ1) is 8.84. The minimum Gasteiger partial charge on any atom is -0.370 e. The number of para-hydroxylation sites is 2. The van der Waals surface area contributed by atoms with Crippen molar-refractivity contribution in [1.82, 2.24) is 0 Å². The highest BCUT2D eigenvalue weighted by Crippen LogP contribution is 2.30. The zero-order chi connectivity index (χ0) is 12.4. The Bertz CT molecular complexity index is 573. The average Bonchev–Trinajstić information content (AvgIpc) is 2.44. The van der Waals surface area contributed by atoms with E-state index >= 15 is 0 Å². The van der Waals surface area contributed by atoms with Gasteiger partial charge in [-0.3, -0.25) is 0 Å². The van der Waals surface area contributed by atoms with Crippen molar-refractivity contribution in [3.63, 3.8) is 0 Å². The number of nitrogens with one attached hydrogen (secondary N) is 1. The molecule has 2 heteroatoms. The van der Waals surface area contributed by atoms with Gasteiger partial charge >= 0.3 is 0 Å². The maximum absolute atomic E-state index is 3.49. The molecule has 90 valence electrons. The van der Waals surface area contributed by atoms with E-state index in [0.29, 0.717) is 0 Å². The molecule has 2 aromatic carbocycles. The van der Waals surface area contributed by atoms with Gasteiger partial charge in [-0.1, -0.05) is 36.4 Å². The van der Waals surface area contributed by atoms with Gasteiger partial charge in [-0.2, -0.15) is 0 Å². The summed E-state index contributed by atoms with van der Waals surface area (Å²) in [5, 5.41) is 3.49. The molecule has 0 amide bonds. The van der Waals surface area contributed by atoms with Crippen LogP contribution < -0.4 is 10.2 Å². The predicted molar refractivity (Wildman–Crippen MR) is 77.8 cm³/mol. The summed E-state index contributed by atoms with van der Waals surface area (Å²) in [4.78, 5) is 2.26. The first-order valence-electron chi connectivity index (χ1n) is 6.17. The average molecular weight is 236 g/mol. The van der Waals surface area contributed by atoms with Gasteiger partial charge in [-0.15, -0.1) is 0 Å². The van der Waals surface area contributed by atoms with E-state index in [2.05, 4.69) is 59.7 Å². The van der Waals surface area contributed by atoms with Crippen molar-refractivity contribution in [1.29, 1.82) is 0 Å². The molecule has 1 heterocycles. The largest absolute Gasteiger partial charge is 0.370 e. The third-order valence-electron chi connectivity index (χ3n) is 3.23. The molecule has 1 aliphatic rings. The van der Waals surface area contributed by atoms with E-state index in [1.54, 1.807) is 0 Å². The van der Waals surface area contributed by atoms with E-state index < -0.39 is 0 Å². The molecule has 0 radical (unpaired) electrons. The van der Waals surface area contributed by atoms with Crippen LogP contribution in [0.1, 0.15) is 5.56 Å². The molecule has 0 aliphatic carbocycles. The standard InChI is InChI=1S/C16H16N2/c1-18-12-11-15(14-9-5-6-10-16(14)18)17-13-7-3-2-4-8-13/h2-11,17H,12H2,1H3. The lowest BCUT2D eigenvalue weighted by Gasteiger charge is -2.27. The van der Waals surface area contributed by atoms with Crippen LogP contribution >= 0.6 is 0 Å². The summed E-state index contributed by atoms with van der Waals surface area (Å²) >= 11 is 0. The number of anilines is 2. The molecule has 0 fully saturated rings. The number of hydrogen-bond donors (Lipinski definition) is 1. The van der Waals surface area contributed by atoms with Gasteiger partial charge in [0.2, 0.25) is 0 Å². The van der Waals surface area contributed by atoms with Crippen LogP contribution in [0.3, 0.4) is 0 Å². The Morgan fingerprint density at radius 2 is 1.67 bits per heavy atom. The van der Waals surface area contributed by atoms with E-state index in [1.165, 1.54) is 16.9 Å². The number of benzene rings is 2. The highest BCUT2D eigenvalue weighted by molar-refractivity contribution is 5.86. The number of rotatable bonds is 2. The van der Waals surface area contributed by atoms with Crippen molar-refractivity contribution in [3.05, 3.63) is 66.2 Å². The van der Waals surface area contributed by atoms with E-state index in [-0.39, 0.29) is 0 Å². The van der Waals surface area contributed by atoms with Gasteiger partial charge in [0.15, 0.2) is 0 Å². The third-order valence-corrected chi connectivity index (χ3v) is 3.23. The van der Waals surface area contributed by atoms with Crippen molar-refractivity contribution >= 4 is 17.1 Å². The summed E-state index contributed by atoms with van der Waals surface area (Å²) in [5.41, 5.74) is 4.85. The molecular weight excluding hydrogens is 220 g/mol. The molecule has 0 unspecified atom stereocenters. The van der Waals surface area contributed by atoms with Crippen molar-refractivity contribution in [2.24, 2.45) is 0 Å². The van der Waals surface area contributed by atoms with Crippen molar-refractivity contribution in [2.45, 2.75) is 0 Å². The van der Waals surface area contributed by atoms with Crippen molar-refractivity contribution in [2.75, 3.05) is 23.8 Å². The van der Waals surface area contributed by atoms with E-state index in [0.717, 1.165) is 12.2 Å². The molecule has 3 rings (SSSR count). The highest BCUT2D eigenvalue weighted by atomic mass is 15.1. The van der Waals surface area contributed by atoms with Gasteiger partial charge in [-0.05, 0) is 24.3 Å². The summed E-state index contributed by atoms with van der Waals surface area (Å²) in [7, 11) is 2.12. The van der Waals surface area contributed by atoms with E-state index in [4.69, 9.17) is 0 Å². The molecule has 1 N–H and O–H groups in total. The summed E-state index contributed by atoms with van der Waals surface area (Å²) in [6, 6.07) is 18.8. The molecule has 0 saturated heterocycles. The number of likely N-dealkylation sites (N-methyl/N-ethyl adjacent to an activating group) is 1. The molecule has 0 bridgehead atoms. The number of nitrogens with zero attached hydrogens (tertiary/aromatic N) is 1. The van der Waals surface area contributed by atoms with Gasteiger partial charge in [0, 0.05) is 36.2 Å². The van der Waals surface area contributed by atoms with Gasteiger partial charge in [0.25, 0.3) is 0 Å². The number of hydrogen-bond acceptors (Lipinski definition) is 2. The Balaban J connectivity index is 1.94. The Hall–Kier alpha value is -2.22. The summed E-state index contributed by atoms with van der Waals surface area (Å²) in [6.07, 6.45) is 2.23. The molecule has 1 aliphatic heterocycles. The van der Waals surface area contributed by atoms with Crippen LogP contribution in [0.15, 0.2) is 60.7 Å². The Labute approximate surface area is 108 Å². The van der Waals surface area contributed by atoms with Gasteiger partial charge in [-0.25, -0.2) is 0 Å². The van der Waals surface area contributed by atoms with Gasteiger partial charge in [0.1, 0.15) is 0 Å². The van der Waals surface area contributed by atoms with Crippen molar-refractivity contribution in [3.8, 4) is 0 Å². The molecule has 2 nitrogen and oxygen atoms in total. The second-order valence-electron chi connectivity index (χ2n) is 4.51.